The Kier molecular flexibility index (Phi) is 5.68. The van der Waals surface area contributed by atoms with Gasteiger partial charge < -0.3 is 9.80 Å². The van der Waals surface area contributed by atoms with E-state index in [-0.39, 0.29) is 5.91 Å². The Morgan fingerprint density at radius 1 is 1.06 bits per heavy atom. The summed E-state index contributed by atoms with van der Waals surface area (Å²) < 4.78 is 40.8. The van der Waals surface area contributed by atoms with Crippen molar-refractivity contribution in [3.8, 4) is 5.82 Å². The molecule has 4 heterocycles. The van der Waals surface area contributed by atoms with Gasteiger partial charge in [0, 0.05) is 50.8 Å². The largest absolute Gasteiger partial charge is 0.417 e. The number of hydrogen-bond acceptors (Lipinski definition) is 6. The molecule has 1 saturated heterocycles. The molecular weight excluding hydrogens is 427 g/mol. The van der Waals surface area contributed by atoms with Gasteiger partial charge in [-0.2, -0.15) is 18.3 Å². The summed E-state index contributed by atoms with van der Waals surface area (Å²) in [5, 5.41) is 8.34. The molecule has 0 bridgehead atoms. The van der Waals surface area contributed by atoms with Crippen LogP contribution < -0.4 is 10.5 Å². The molecule has 32 heavy (non-hydrogen) atoms. The minimum Gasteiger partial charge on any atom is -0.353 e. The highest BCUT2D eigenvalue weighted by molar-refractivity contribution is 5.80. The zero-order valence-corrected chi connectivity index (χ0v) is 17.1. The Balaban J connectivity index is 1.42. The van der Waals surface area contributed by atoms with Crippen molar-refractivity contribution in [1.82, 2.24) is 29.4 Å². The molecule has 0 aromatic carbocycles. The molecule has 0 radical (unpaired) electrons. The van der Waals surface area contributed by atoms with Crippen molar-refractivity contribution in [3.05, 3.63) is 64.8 Å². The topological polar surface area (TPSA) is 89.2 Å². The minimum absolute atomic E-state index is 0.266. The summed E-state index contributed by atoms with van der Waals surface area (Å²) >= 11 is 0. The summed E-state index contributed by atoms with van der Waals surface area (Å²) in [4.78, 5) is 32.6. The molecule has 3 aromatic heterocycles. The van der Waals surface area contributed by atoms with Crippen molar-refractivity contribution in [2.75, 3.05) is 31.1 Å². The van der Waals surface area contributed by atoms with Gasteiger partial charge in [-0.3, -0.25) is 9.59 Å². The van der Waals surface area contributed by atoms with Crippen LogP contribution in [-0.2, 0) is 11.0 Å². The molecule has 1 fully saturated rings. The molecule has 3 aromatic rings. The molecule has 1 unspecified atom stereocenters. The third-order valence-electron chi connectivity index (χ3n) is 5.26. The Bertz CT molecular complexity index is 1140. The van der Waals surface area contributed by atoms with Crippen molar-refractivity contribution >= 4 is 11.7 Å². The number of aromatic nitrogens is 5. The summed E-state index contributed by atoms with van der Waals surface area (Å²) in [7, 11) is 0. The van der Waals surface area contributed by atoms with Crippen LogP contribution >= 0.6 is 0 Å². The fraction of sp³-hybridized carbons (Fsp3) is 0.350. The van der Waals surface area contributed by atoms with E-state index in [2.05, 4.69) is 15.2 Å². The summed E-state index contributed by atoms with van der Waals surface area (Å²) in [6, 6.07) is 6.07. The van der Waals surface area contributed by atoms with Gasteiger partial charge >= 0.3 is 6.18 Å². The van der Waals surface area contributed by atoms with Crippen LogP contribution in [-0.4, -0.2) is 61.5 Å². The molecule has 1 aliphatic rings. The standard InChI is InChI=1S/C20H20F3N7O2/c1-14(30-18(31)6-5-17(26-30)29-8-2-7-25-29)19(32)28-11-9-27(10-12-28)16-4-3-15(13-24-16)20(21,22)23/h2-8,13-14H,9-12H2,1H3. The van der Waals surface area contributed by atoms with E-state index < -0.39 is 23.3 Å². The quantitative estimate of drug-likeness (QED) is 0.606. The molecule has 1 amide bonds. The van der Waals surface area contributed by atoms with Gasteiger partial charge in [-0.25, -0.2) is 14.3 Å². The molecule has 168 valence electrons. The van der Waals surface area contributed by atoms with Gasteiger partial charge in [-0.15, -0.1) is 5.10 Å². The number of pyridine rings is 1. The summed E-state index contributed by atoms with van der Waals surface area (Å²) in [5.74, 6) is 0.563. The highest BCUT2D eigenvalue weighted by atomic mass is 19.4. The fourth-order valence-electron chi connectivity index (χ4n) is 3.48. The summed E-state index contributed by atoms with van der Waals surface area (Å²) in [6.07, 6.45) is -0.373. The third-order valence-corrected chi connectivity index (χ3v) is 5.26. The first-order chi connectivity index (χ1) is 15.2. The smallest absolute Gasteiger partial charge is 0.353 e. The Morgan fingerprint density at radius 3 is 2.38 bits per heavy atom. The van der Waals surface area contributed by atoms with Crippen LogP contribution in [0.15, 0.2) is 53.7 Å². The van der Waals surface area contributed by atoms with Gasteiger partial charge in [0.2, 0.25) is 5.91 Å². The molecule has 12 heteroatoms. The average molecular weight is 447 g/mol. The maximum atomic E-state index is 13.0. The van der Waals surface area contributed by atoms with E-state index in [0.717, 1.165) is 16.9 Å². The van der Waals surface area contributed by atoms with Crippen LogP contribution in [0.5, 0.6) is 0 Å². The van der Waals surface area contributed by atoms with E-state index in [1.807, 2.05) is 4.90 Å². The number of hydrogen-bond donors (Lipinski definition) is 0. The Morgan fingerprint density at radius 2 is 1.78 bits per heavy atom. The number of nitrogens with zero attached hydrogens (tertiary/aromatic N) is 7. The number of alkyl halides is 3. The fourth-order valence-corrected chi connectivity index (χ4v) is 3.48. The van der Waals surface area contributed by atoms with Gasteiger partial charge in [0.25, 0.3) is 5.56 Å². The predicted octanol–water partition coefficient (Wildman–Crippen LogP) is 1.75. The molecule has 1 atom stereocenters. The number of anilines is 1. The number of carbonyl (C=O) groups is 1. The Labute approximate surface area is 180 Å². The van der Waals surface area contributed by atoms with Crippen LogP contribution in [0.4, 0.5) is 19.0 Å². The lowest BCUT2D eigenvalue weighted by molar-refractivity contribution is -0.138. The lowest BCUT2D eigenvalue weighted by Crippen LogP contribution is -2.51. The van der Waals surface area contributed by atoms with Gasteiger partial charge in [0.1, 0.15) is 11.9 Å². The zero-order chi connectivity index (χ0) is 22.9. The second-order valence-electron chi connectivity index (χ2n) is 7.32. The van der Waals surface area contributed by atoms with E-state index in [9.17, 15) is 22.8 Å². The number of carbonyl (C=O) groups excluding carboxylic acids is 1. The van der Waals surface area contributed by atoms with Crippen LogP contribution in [0.2, 0.25) is 0 Å². The van der Waals surface area contributed by atoms with Gasteiger partial charge in [0.15, 0.2) is 5.82 Å². The van der Waals surface area contributed by atoms with E-state index in [0.29, 0.717) is 37.8 Å². The first kappa shape index (κ1) is 21.5. The van der Waals surface area contributed by atoms with Crippen molar-refractivity contribution in [2.45, 2.75) is 19.1 Å². The van der Waals surface area contributed by atoms with E-state index in [1.54, 1.807) is 30.3 Å². The highest BCUT2D eigenvalue weighted by Gasteiger charge is 2.31. The van der Waals surface area contributed by atoms with E-state index in [4.69, 9.17) is 0 Å². The number of halogens is 3. The second-order valence-corrected chi connectivity index (χ2v) is 7.32. The molecule has 0 aliphatic carbocycles. The van der Waals surface area contributed by atoms with E-state index in [1.165, 1.54) is 22.9 Å². The van der Waals surface area contributed by atoms with Crippen LogP contribution in [0, 0.1) is 0 Å². The van der Waals surface area contributed by atoms with Gasteiger partial charge in [-0.1, -0.05) is 0 Å². The second kappa shape index (κ2) is 8.44. The summed E-state index contributed by atoms with van der Waals surface area (Å²) in [6.45, 7) is 3.12. The average Bonchev–Trinajstić information content (AvgIpc) is 3.33. The normalized spacial score (nSPS) is 15.6. The van der Waals surface area contributed by atoms with Crippen molar-refractivity contribution in [2.24, 2.45) is 0 Å². The predicted molar refractivity (Wildman–Crippen MR) is 108 cm³/mol. The highest BCUT2D eigenvalue weighted by Crippen LogP contribution is 2.29. The summed E-state index contributed by atoms with van der Waals surface area (Å²) in [5.41, 5.74) is -1.21. The first-order valence-electron chi connectivity index (χ1n) is 9.91. The van der Waals surface area contributed by atoms with Crippen LogP contribution in [0.3, 0.4) is 0 Å². The third kappa shape index (κ3) is 4.34. The number of rotatable bonds is 4. The first-order valence-corrected chi connectivity index (χ1v) is 9.91. The molecule has 0 saturated carbocycles. The molecular formula is C20H20F3N7O2. The number of piperazine rings is 1. The lowest BCUT2D eigenvalue weighted by Gasteiger charge is -2.36. The molecule has 1 aliphatic heterocycles. The molecule has 0 spiro atoms. The van der Waals surface area contributed by atoms with Gasteiger partial charge in [-0.05, 0) is 31.2 Å². The van der Waals surface area contributed by atoms with E-state index >= 15 is 0 Å². The minimum atomic E-state index is -4.44. The number of amides is 1. The van der Waals surface area contributed by atoms with Gasteiger partial charge in [0.05, 0.1) is 5.56 Å². The molecule has 4 rings (SSSR count). The maximum absolute atomic E-state index is 13.0. The monoisotopic (exact) mass is 447 g/mol. The Hall–Kier alpha value is -3.70. The lowest BCUT2D eigenvalue weighted by atomic mass is 10.2. The zero-order valence-electron chi connectivity index (χ0n) is 17.1. The van der Waals surface area contributed by atoms with Crippen LogP contribution in [0.25, 0.3) is 5.82 Å². The van der Waals surface area contributed by atoms with Crippen molar-refractivity contribution in [3.63, 3.8) is 0 Å². The van der Waals surface area contributed by atoms with Crippen LogP contribution in [0.1, 0.15) is 18.5 Å². The maximum Gasteiger partial charge on any atom is 0.417 e. The van der Waals surface area contributed by atoms with Crippen molar-refractivity contribution in [1.29, 1.82) is 0 Å². The SMILES string of the molecule is CC(C(=O)N1CCN(c2ccc(C(F)(F)F)cn2)CC1)n1nc(-n2cccn2)ccc1=O. The molecule has 9 nitrogen and oxygen atoms in total. The molecule has 0 N–H and O–H groups in total. The van der Waals surface area contributed by atoms with Crippen molar-refractivity contribution < 1.29 is 18.0 Å².